The Morgan fingerprint density at radius 3 is 1.04 bits per heavy atom. The van der Waals surface area contributed by atoms with Gasteiger partial charge in [0.05, 0.1) is 45.7 Å². The van der Waals surface area contributed by atoms with Crippen LogP contribution >= 0.6 is 0 Å². The standard InChI is InChI=1S/C102H192N2O12/c1-9-16-36-57-90(58-37-17-10-2)71-82-110-97(105)66-44-30-24-22-28-42-64-95(115-101(109)87-104-79-52-53-80-104)65-43-29-23-25-31-45-67-100(108)113-85-74-93(62-41-21-14-6)86-94(55-15-7)89(8)56-54-63-92(61-40-20-13-5)73-84-112-99(107)69-47-33-27-35-49-76-102(114-88-96(116-102)70-81-103-77-50-51-78-103)75-48-34-26-32-46-68-98(106)111-83-72-91(59-38-18-11-3)60-39-19-12-4/h89-96H,9-88H2,1-8H3. The molecule has 0 amide bonds. The normalized spacial score (nSPS) is 17.3. The zero-order valence-corrected chi connectivity index (χ0v) is 78.0. The maximum Gasteiger partial charge on any atom is 0.320 e. The van der Waals surface area contributed by atoms with Crippen LogP contribution in [0.4, 0.5) is 0 Å². The Labute approximate surface area is 717 Å². The summed E-state index contributed by atoms with van der Waals surface area (Å²) in [6.07, 6.45) is 76.8. The molecular weight excluding hydrogens is 1450 g/mol. The van der Waals surface area contributed by atoms with E-state index in [4.69, 9.17) is 33.2 Å². The van der Waals surface area contributed by atoms with Crippen molar-refractivity contribution in [2.75, 3.05) is 72.3 Å². The molecule has 0 aromatic heterocycles. The molecule has 0 aromatic rings. The van der Waals surface area contributed by atoms with E-state index in [1.54, 1.807) is 0 Å². The highest BCUT2D eigenvalue weighted by Crippen LogP contribution is 2.38. The summed E-state index contributed by atoms with van der Waals surface area (Å²) in [6, 6.07) is 0. The van der Waals surface area contributed by atoms with Gasteiger partial charge in [0.25, 0.3) is 0 Å². The number of nitrogens with zero attached hydrogens (tertiary/aromatic N) is 2. The lowest BCUT2D eigenvalue weighted by atomic mass is 9.77. The van der Waals surface area contributed by atoms with Gasteiger partial charge in [-0.3, -0.25) is 28.9 Å². The van der Waals surface area contributed by atoms with Crippen LogP contribution in [0.1, 0.15) is 498 Å². The molecule has 7 atom stereocenters. The lowest BCUT2D eigenvalue weighted by Gasteiger charge is -2.29. The summed E-state index contributed by atoms with van der Waals surface area (Å²) in [4.78, 5) is 69.4. The third kappa shape index (κ3) is 59.9. The van der Waals surface area contributed by atoms with Crippen molar-refractivity contribution >= 4 is 29.8 Å². The van der Waals surface area contributed by atoms with Crippen molar-refractivity contribution in [1.82, 2.24) is 9.80 Å². The van der Waals surface area contributed by atoms with Gasteiger partial charge in [-0.2, -0.15) is 0 Å². The Balaban J connectivity index is 1.32. The second kappa shape index (κ2) is 75.9. The van der Waals surface area contributed by atoms with Crippen molar-refractivity contribution < 1.29 is 57.1 Å². The summed E-state index contributed by atoms with van der Waals surface area (Å²) in [5.74, 6) is 3.20. The van der Waals surface area contributed by atoms with Crippen molar-refractivity contribution in [1.29, 1.82) is 0 Å². The Morgan fingerprint density at radius 2 is 0.664 bits per heavy atom. The van der Waals surface area contributed by atoms with E-state index in [9.17, 15) is 24.0 Å². The molecule has 3 saturated heterocycles. The number of hydrogen-bond acceptors (Lipinski definition) is 14. The molecule has 14 nitrogen and oxygen atoms in total. The van der Waals surface area contributed by atoms with Gasteiger partial charge in [-0.05, 0) is 190 Å². The molecule has 0 aromatic carbocycles. The highest BCUT2D eigenvalue weighted by molar-refractivity contribution is 5.72. The molecule has 3 fully saturated rings. The summed E-state index contributed by atoms with van der Waals surface area (Å²) in [6.45, 7) is 27.3. The van der Waals surface area contributed by atoms with Crippen LogP contribution < -0.4 is 0 Å². The second-order valence-corrected chi connectivity index (χ2v) is 37.4. The first-order chi connectivity index (χ1) is 56.8. The van der Waals surface area contributed by atoms with Crippen molar-refractivity contribution in [3.8, 4) is 0 Å². The minimum atomic E-state index is -0.486. The molecule has 0 radical (unpaired) electrons. The predicted molar refractivity (Wildman–Crippen MR) is 485 cm³/mol. The Bertz CT molecular complexity index is 2240. The molecule has 0 N–H and O–H groups in total. The van der Waals surface area contributed by atoms with E-state index in [0.29, 0.717) is 101 Å². The van der Waals surface area contributed by atoms with Gasteiger partial charge in [0.1, 0.15) is 6.10 Å². The molecule has 0 spiro atoms. The summed E-state index contributed by atoms with van der Waals surface area (Å²) < 4.78 is 43.1. The molecule has 0 saturated carbocycles. The fourth-order valence-corrected chi connectivity index (χ4v) is 19.0. The van der Waals surface area contributed by atoms with E-state index in [-0.39, 0.29) is 42.1 Å². The largest absolute Gasteiger partial charge is 0.466 e. The first-order valence-electron chi connectivity index (χ1n) is 51.4. The average Bonchev–Trinajstić information content (AvgIpc) is 1.68. The van der Waals surface area contributed by atoms with Gasteiger partial charge in [0, 0.05) is 45.1 Å². The highest BCUT2D eigenvalue weighted by atomic mass is 16.7. The lowest BCUT2D eigenvalue weighted by molar-refractivity contribution is -0.180. The topological polar surface area (TPSA) is 156 Å². The van der Waals surface area contributed by atoms with Crippen molar-refractivity contribution in [2.45, 2.75) is 516 Å². The third-order valence-corrected chi connectivity index (χ3v) is 26.7. The minimum Gasteiger partial charge on any atom is -0.466 e. The molecule has 3 heterocycles. The van der Waals surface area contributed by atoms with Crippen LogP contribution in [-0.2, 0) is 57.1 Å². The maximum atomic E-state index is 13.1. The van der Waals surface area contributed by atoms with Crippen LogP contribution in [0.5, 0.6) is 0 Å². The van der Waals surface area contributed by atoms with Gasteiger partial charge in [0.15, 0.2) is 5.79 Å². The number of carbonyl (C=O) groups is 5. The Kier molecular flexibility index (Phi) is 70.2. The van der Waals surface area contributed by atoms with Crippen LogP contribution in [-0.4, -0.2) is 130 Å². The molecular formula is C102H192N2O12. The zero-order valence-electron chi connectivity index (χ0n) is 78.0. The Morgan fingerprint density at radius 1 is 0.336 bits per heavy atom. The van der Waals surface area contributed by atoms with Gasteiger partial charge < -0.3 is 38.1 Å². The van der Waals surface area contributed by atoms with Gasteiger partial charge >= 0.3 is 29.8 Å². The molecule has 14 heteroatoms. The van der Waals surface area contributed by atoms with E-state index in [0.717, 1.165) is 232 Å². The monoisotopic (exact) mass is 1640 g/mol. The number of esters is 5. The van der Waals surface area contributed by atoms with Gasteiger partial charge in [-0.15, -0.1) is 0 Å². The summed E-state index contributed by atoms with van der Waals surface area (Å²) in [5, 5.41) is 0. The Hall–Kier alpha value is -2.81. The number of ether oxygens (including phenoxy) is 7. The van der Waals surface area contributed by atoms with Gasteiger partial charge in [-0.1, -0.05) is 331 Å². The summed E-state index contributed by atoms with van der Waals surface area (Å²) in [7, 11) is 0. The van der Waals surface area contributed by atoms with Gasteiger partial charge in [0.2, 0.25) is 0 Å². The van der Waals surface area contributed by atoms with Crippen LogP contribution in [0, 0.1) is 35.5 Å². The molecule has 116 heavy (non-hydrogen) atoms. The van der Waals surface area contributed by atoms with Crippen LogP contribution in [0.15, 0.2) is 0 Å². The minimum absolute atomic E-state index is 0.0204. The number of rotatable bonds is 85. The predicted octanol–water partition coefficient (Wildman–Crippen LogP) is 28.6. The third-order valence-electron chi connectivity index (χ3n) is 26.7. The second-order valence-electron chi connectivity index (χ2n) is 37.4. The van der Waals surface area contributed by atoms with Gasteiger partial charge in [-0.25, -0.2) is 0 Å². The first-order valence-corrected chi connectivity index (χ1v) is 51.4. The van der Waals surface area contributed by atoms with Crippen LogP contribution in [0.3, 0.4) is 0 Å². The van der Waals surface area contributed by atoms with E-state index in [2.05, 4.69) is 65.2 Å². The zero-order chi connectivity index (χ0) is 83.7. The summed E-state index contributed by atoms with van der Waals surface area (Å²) in [5.41, 5.74) is 0. The fraction of sp³-hybridized carbons (Fsp3) is 0.951. The molecule has 0 bridgehead atoms. The first kappa shape index (κ1) is 107. The van der Waals surface area contributed by atoms with Crippen molar-refractivity contribution in [3.05, 3.63) is 0 Å². The van der Waals surface area contributed by atoms with E-state index < -0.39 is 5.79 Å². The molecule has 3 rings (SSSR count). The summed E-state index contributed by atoms with van der Waals surface area (Å²) >= 11 is 0. The van der Waals surface area contributed by atoms with E-state index in [1.807, 2.05) is 0 Å². The maximum absolute atomic E-state index is 13.1. The number of likely N-dealkylation sites (tertiary alicyclic amines) is 2. The number of hydrogen-bond donors (Lipinski definition) is 0. The van der Waals surface area contributed by atoms with E-state index >= 15 is 0 Å². The lowest BCUT2D eigenvalue weighted by Crippen LogP contribution is -2.32. The highest BCUT2D eigenvalue weighted by Gasteiger charge is 2.40. The average molecular weight is 1640 g/mol. The van der Waals surface area contributed by atoms with Crippen molar-refractivity contribution in [2.24, 2.45) is 35.5 Å². The SMILES string of the molecule is CCCCCC(CCCCC)CCOC(=O)CCCCCCCCC(CCCCCCCCC(=O)OCCC(CCCCC)CC(CCC)C(C)CCCC(CCCCC)CCOC(=O)CCCCCCCC1(CCCCCCCC(=O)OCCC(CCCCC)CCCCC)OCC(CCN2CCCC2)O1)OC(=O)CN1CCCC1. The van der Waals surface area contributed by atoms with Crippen LogP contribution in [0.25, 0.3) is 0 Å². The van der Waals surface area contributed by atoms with Crippen molar-refractivity contribution in [3.63, 3.8) is 0 Å². The molecule has 3 aliphatic heterocycles. The number of unbranched alkanes of at least 4 members (excludes halogenated alkanes) is 30. The molecule has 7 unspecified atom stereocenters. The number of carbonyl (C=O) groups excluding carboxylic acids is 5. The fourth-order valence-electron chi connectivity index (χ4n) is 19.0. The molecule has 0 aliphatic carbocycles. The quantitative estimate of drug-likeness (QED) is 0.0322. The molecule has 3 aliphatic rings. The smallest absolute Gasteiger partial charge is 0.320 e. The van der Waals surface area contributed by atoms with Crippen LogP contribution in [0.2, 0.25) is 0 Å². The van der Waals surface area contributed by atoms with E-state index in [1.165, 1.54) is 219 Å². The molecule has 682 valence electrons.